The maximum absolute atomic E-state index is 10.6. The Balaban J connectivity index is 0.000000399. The summed E-state index contributed by atoms with van der Waals surface area (Å²) in [5, 5.41) is 0.201. The molecular formula is C9H11Br2ClN2O4S. The fraction of sp³-hybridized carbons (Fsp3) is 0.222. The van der Waals surface area contributed by atoms with Gasteiger partial charge < -0.3 is 11.5 Å². The van der Waals surface area contributed by atoms with Crippen molar-refractivity contribution < 1.29 is 17.8 Å². The van der Waals surface area contributed by atoms with Crippen LogP contribution in [0.4, 0.5) is 11.4 Å². The molecule has 0 amide bonds. The van der Waals surface area contributed by atoms with E-state index in [0.717, 1.165) is 6.07 Å². The lowest BCUT2D eigenvalue weighted by molar-refractivity contribution is -0.110. The van der Waals surface area contributed by atoms with Gasteiger partial charge in [-0.3, -0.25) is 9.35 Å². The summed E-state index contributed by atoms with van der Waals surface area (Å²) in [6.07, 6.45) is 0. The maximum Gasteiger partial charge on any atom is 0.296 e. The summed E-state index contributed by atoms with van der Waals surface area (Å²) in [6.45, 7) is 0. The minimum atomic E-state index is -4.23. The van der Waals surface area contributed by atoms with E-state index < -0.39 is 10.1 Å². The number of nitrogen functional groups attached to an aromatic ring is 2. The molecule has 0 spiro atoms. The molecule has 108 valence electrons. The summed E-state index contributed by atoms with van der Waals surface area (Å²) in [4.78, 5) is 9.50. The number of hydrogen-bond acceptors (Lipinski definition) is 5. The molecule has 0 aliphatic carbocycles. The molecule has 0 heterocycles. The Kier molecular flexibility index (Phi) is 7.90. The van der Waals surface area contributed by atoms with Gasteiger partial charge in [-0.1, -0.05) is 31.9 Å². The fourth-order valence-corrected chi connectivity index (χ4v) is 2.02. The Morgan fingerprint density at radius 3 is 2.21 bits per heavy atom. The van der Waals surface area contributed by atoms with Crippen LogP contribution in [0.15, 0.2) is 23.1 Å². The van der Waals surface area contributed by atoms with E-state index in [0.29, 0.717) is 11.0 Å². The SMILES string of the molecule is Nc1ccc(S(=O)(=O)O)c(N)c1.O=C(Cl)C(Br)CBr. The molecule has 1 unspecified atom stereocenters. The number of benzene rings is 1. The molecule has 10 heteroatoms. The van der Waals surface area contributed by atoms with Gasteiger partial charge in [0, 0.05) is 11.0 Å². The van der Waals surface area contributed by atoms with Crippen molar-refractivity contribution in [1.82, 2.24) is 0 Å². The first kappa shape index (κ1) is 18.7. The molecule has 1 aromatic rings. The van der Waals surface area contributed by atoms with Crippen molar-refractivity contribution in [2.24, 2.45) is 0 Å². The molecule has 0 saturated heterocycles. The normalized spacial score (nSPS) is 12.2. The first-order valence-corrected chi connectivity index (χ1v) is 8.47. The van der Waals surface area contributed by atoms with Gasteiger partial charge in [0.25, 0.3) is 10.1 Å². The molecule has 0 radical (unpaired) electrons. The van der Waals surface area contributed by atoms with E-state index in [1.54, 1.807) is 0 Å². The van der Waals surface area contributed by atoms with Crippen LogP contribution in [0.5, 0.6) is 0 Å². The van der Waals surface area contributed by atoms with Crippen LogP contribution in [0, 0.1) is 0 Å². The molecule has 0 fully saturated rings. The highest BCUT2D eigenvalue weighted by Crippen LogP contribution is 2.19. The Bertz CT molecular complexity index is 553. The van der Waals surface area contributed by atoms with E-state index in [-0.39, 0.29) is 20.7 Å². The third-order valence-electron chi connectivity index (χ3n) is 1.69. The average molecular weight is 439 g/mol. The molecular weight excluding hydrogens is 427 g/mol. The lowest BCUT2D eigenvalue weighted by Crippen LogP contribution is -2.07. The zero-order chi connectivity index (χ0) is 15.2. The van der Waals surface area contributed by atoms with Gasteiger partial charge in [-0.25, -0.2) is 0 Å². The van der Waals surface area contributed by atoms with Crippen LogP contribution >= 0.6 is 43.5 Å². The lowest BCUT2D eigenvalue weighted by atomic mass is 10.3. The first-order valence-electron chi connectivity index (χ1n) is 4.61. The molecule has 0 bridgehead atoms. The fourth-order valence-electron chi connectivity index (χ4n) is 0.863. The number of nitrogens with two attached hydrogens (primary N) is 2. The van der Waals surface area contributed by atoms with Gasteiger partial charge in [-0.15, -0.1) is 0 Å². The number of anilines is 2. The summed E-state index contributed by atoms with van der Waals surface area (Å²) >= 11 is 11.1. The van der Waals surface area contributed by atoms with Gasteiger partial charge in [0.05, 0.1) is 10.5 Å². The number of rotatable bonds is 3. The predicted octanol–water partition coefficient (Wildman–Crippen LogP) is 2.01. The zero-order valence-electron chi connectivity index (χ0n) is 9.39. The van der Waals surface area contributed by atoms with Crippen molar-refractivity contribution >= 4 is 70.2 Å². The number of alkyl halides is 2. The van der Waals surface area contributed by atoms with Gasteiger partial charge in [0.1, 0.15) is 4.90 Å². The highest BCUT2D eigenvalue weighted by Gasteiger charge is 2.12. The summed E-state index contributed by atoms with van der Waals surface area (Å²) in [5.41, 5.74) is 10.9. The molecule has 1 atom stereocenters. The highest BCUT2D eigenvalue weighted by atomic mass is 79.9. The van der Waals surface area contributed by atoms with Crippen molar-refractivity contribution in [3.05, 3.63) is 18.2 Å². The minimum absolute atomic E-state index is 0.0579. The van der Waals surface area contributed by atoms with Crippen LogP contribution in [0.2, 0.25) is 0 Å². The summed E-state index contributed by atoms with van der Waals surface area (Å²) in [7, 11) is -4.23. The molecule has 1 aromatic carbocycles. The van der Waals surface area contributed by atoms with E-state index in [1.165, 1.54) is 12.1 Å². The molecule has 0 saturated carbocycles. The number of carbonyl (C=O) groups is 1. The number of hydrogen-bond donors (Lipinski definition) is 3. The van der Waals surface area contributed by atoms with E-state index in [4.69, 9.17) is 27.6 Å². The third kappa shape index (κ3) is 7.11. The number of carbonyl (C=O) groups excluding carboxylic acids is 1. The summed E-state index contributed by atoms with van der Waals surface area (Å²) in [6, 6.07) is 3.77. The first-order chi connectivity index (χ1) is 8.59. The molecule has 6 nitrogen and oxygen atoms in total. The Morgan fingerprint density at radius 2 is 1.95 bits per heavy atom. The number of halogens is 3. The van der Waals surface area contributed by atoms with Crippen molar-refractivity contribution in [3.63, 3.8) is 0 Å². The van der Waals surface area contributed by atoms with Crippen molar-refractivity contribution in [2.45, 2.75) is 9.72 Å². The van der Waals surface area contributed by atoms with Crippen LogP contribution in [-0.2, 0) is 14.9 Å². The largest absolute Gasteiger partial charge is 0.399 e. The smallest absolute Gasteiger partial charge is 0.296 e. The molecule has 5 N–H and O–H groups in total. The van der Waals surface area contributed by atoms with E-state index in [9.17, 15) is 13.2 Å². The average Bonchev–Trinajstić information content (AvgIpc) is 2.26. The van der Waals surface area contributed by atoms with Gasteiger partial charge in [-0.2, -0.15) is 8.42 Å². The quantitative estimate of drug-likeness (QED) is 0.287. The third-order valence-corrected chi connectivity index (χ3v) is 5.40. The maximum atomic E-state index is 10.6. The monoisotopic (exact) mass is 436 g/mol. The van der Waals surface area contributed by atoms with Crippen LogP contribution < -0.4 is 11.5 Å². The molecule has 0 aromatic heterocycles. The summed E-state index contributed by atoms with van der Waals surface area (Å²) < 4.78 is 29.8. The molecule has 19 heavy (non-hydrogen) atoms. The second-order valence-corrected chi connectivity index (χ2v) is 6.71. The lowest BCUT2D eigenvalue weighted by Gasteiger charge is -2.01. The van der Waals surface area contributed by atoms with Crippen LogP contribution in [0.25, 0.3) is 0 Å². The van der Waals surface area contributed by atoms with E-state index in [1.807, 2.05) is 0 Å². The topological polar surface area (TPSA) is 123 Å². The van der Waals surface area contributed by atoms with Crippen LogP contribution in [-0.4, -0.2) is 28.4 Å². The van der Waals surface area contributed by atoms with Gasteiger partial charge in [0.15, 0.2) is 0 Å². The Morgan fingerprint density at radius 1 is 1.42 bits per heavy atom. The van der Waals surface area contributed by atoms with E-state index in [2.05, 4.69) is 31.9 Å². The van der Waals surface area contributed by atoms with Crippen molar-refractivity contribution in [2.75, 3.05) is 16.8 Å². The van der Waals surface area contributed by atoms with Crippen LogP contribution in [0.1, 0.15) is 0 Å². The molecule has 1 rings (SSSR count). The zero-order valence-corrected chi connectivity index (χ0v) is 14.1. The minimum Gasteiger partial charge on any atom is -0.399 e. The van der Waals surface area contributed by atoms with Gasteiger partial charge >= 0.3 is 0 Å². The van der Waals surface area contributed by atoms with Gasteiger partial charge in [0.2, 0.25) is 5.24 Å². The summed E-state index contributed by atoms with van der Waals surface area (Å²) in [5.74, 6) is 0. The second kappa shape index (κ2) is 8.05. The standard InChI is InChI=1S/C6H8N2O3S.C3H3Br2ClO/c7-4-1-2-6(5(8)3-4)12(9,10)11;4-1-2(5)3(6)7/h1-3H,7-8H2,(H,9,10,11);2H,1H2. The molecule has 0 aliphatic heterocycles. The van der Waals surface area contributed by atoms with E-state index >= 15 is 0 Å². The van der Waals surface area contributed by atoms with Crippen molar-refractivity contribution in [1.29, 1.82) is 0 Å². The van der Waals surface area contributed by atoms with Crippen LogP contribution in [0.3, 0.4) is 0 Å². The Labute approximate surface area is 132 Å². The second-order valence-electron chi connectivity index (χ2n) is 3.20. The Hall–Kier alpha value is -0.350. The molecule has 0 aliphatic rings. The predicted molar refractivity (Wildman–Crippen MR) is 82.5 cm³/mol. The van der Waals surface area contributed by atoms with Gasteiger partial charge in [-0.05, 0) is 29.8 Å². The highest BCUT2D eigenvalue weighted by molar-refractivity contribution is 9.12. The van der Waals surface area contributed by atoms with Crippen molar-refractivity contribution in [3.8, 4) is 0 Å².